The van der Waals surface area contributed by atoms with Crippen molar-refractivity contribution in [2.75, 3.05) is 7.05 Å². The number of aliphatic imine (C=N–C) groups is 1. The molecule has 0 bridgehead atoms. The van der Waals surface area contributed by atoms with E-state index < -0.39 is 19.6 Å². The third-order valence-electron chi connectivity index (χ3n) is 5.75. The van der Waals surface area contributed by atoms with Crippen LogP contribution < -0.4 is 10.9 Å². The van der Waals surface area contributed by atoms with Gasteiger partial charge in [0.05, 0.1) is 8.07 Å². The Morgan fingerprint density at radius 2 is 1.68 bits per heavy atom. The summed E-state index contributed by atoms with van der Waals surface area (Å²) in [5, 5.41) is 1.30. The first-order valence-electron chi connectivity index (χ1n) is 10.1. The minimum absolute atomic E-state index is 0.174. The SMILES string of the molecule is CN1C(=O)C(c2ccc([Si](C)(C)C)cc2)(c2cccc(-c3ccc(F)nc3)c2)N=C1N. The van der Waals surface area contributed by atoms with Gasteiger partial charge in [-0.25, -0.2) is 9.98 Å². The highest BCUT2D eigenvalue weighted by atomic mass is 28.3. The maximum absolute atomic E-state index is 13.5. The quantitative estimate of drug-likeness (QED) is 0.507. The number of nitrogens with two attached hydrogens (primary N) is 1. The number of hydrogen-bond donors (Lipinski definition) is 1. The van der Waals surface area contributed by atoms with E-state index in [-0.39, 0.29) is 11.9 Å². The smallest absolute Gasteiger partial charge is 0.266 e. The third-order valence-corrected chi connectivity index (χ3v) is 7.82. The van der Waals surface area contributed by atoms with E-state index in [0.29, 0.717) is 5.56 Å². The standard InChI is InChI=1S/C24H25FN4OSi/c1-29-22(30)24(28-23(29)26,18-9-11-20(12-10-18)31(2,3)4)19-7-5-6-16(14-19)17-8-13-21(25)27-15-17/h5-15H,1-4H3,(H2,26,28). The van der Waals surface area contributed by atoms with Crippen LogP contribution in [-0.2, 0) is 10.3 Å². The summed E-state index contributed by atoms with van der Waals surface area (Å²) >= 11 is 0. The van der Waals surface area contributed by atoms with Gasteiger partial charge in [-0.05, 0) is 34.9 Å². The number of likely N-dealkylation sites (N-methyl/N-ethyl adjacent to an activating group) is 1. The molecule has 1 unspecified atom stereocenters. The van der Waals surface area contributed by atoms with E-state index in [1.54, 1.807) is 13.1 Å². The Morgan fingerprint density at radius 1 is 0.968 bits per heavy atom. The van der Waals surface area contributed by atoms with Gasteiger partial charge in [-0.3, -0.25) is 9.69 Å². The van der Waals surface area contributed by atoms with Crippen LogP contribution in [0.3, 0.4) is 0 Å². The van der Waals surface area contributed by atoms with Gasteiger partial charge in [0.2, 0.25) is 5.95 Å². The molecule has 0 radical (unpaired) electrons. The van der Waals surface area contributed by atoms with E-state index in [1.165, 1.54) is 22.3 Å². The summed E-state index contributed by atoms with van der Waals surface area (Å²) in [5.41, 5.74) is 7.87. The largest absolute Gasteiger partial charge is 0.369 e. The Bertz CT molecular complexity index is 1170. The molecule has 0 saturated carbocycles. The highest BCUT2D eigenvalue weighted by molar-refractivity contribution is 6.88. The number of guanidine groups is 1. The number of nitrogens with zero attached hydrogens (tertiary/aromatic N) is 3. The molecule has 1 aromatic heterocycles. The Kier molecular flexibility index (Phi) is 5.01. The number of amides is 1. The molecule has 1 aliphatic heterocycles. The van der Waals surface area contributed by atoms with Gasteiger partial charge in [0.15, 0.2) is 11.5 Å². The third kappa shape index (κ3) is 3.55. The van der Waals surface area contributed by atoms with Gasteiger partial charge in [0.1, 0.15) is 0 Å². The molecule has 2 N–H and O–H groups in total. The molecule has 1 atom stereocenters. The molecule has 5 nitrogen and oxygen atoms in total. The molecule has 0 saturated heterocycles. The molecular weight excluding hydrogens is 407 g/mol. The van der Waals surface area contributed by atoms with Crippen molar-refractivity contribution in [3.63, 3.8) is 0 Å². The number of carbonyl (C=O) groups excluding carboxylic acids is 1. The fraction of sp³-hybridized carbons (Fsp3) is 0.208. The van der Waals surface area contributed by atoms with E-state index >= 15 is 0 Å². The Hall–Kier alpha value is -3.32. The predicted molar refractivity (Wildman–Crippen MR) is 124 cm³/mol. The van der Waals surface area contributed by atoms with E-state index in [2.05, 4.69) is 41.8 Å². The maximum atomic E-state index is 13.5. The molecule has 31 heavy (non-hydrogen) atoms. The van der Waals surface area contributed by atoms with Crippen molar-refractivity contribution in [3.8, 4) is 11.1 Å². The highest BCUT2D eigenvalue weighted by Gasteiger charge is 2.49. The van der Waals surface area contributed by atoms with Crippen LogP contribution >= 0.6 is 0 Å². The summed E-state index contributed by atoms with van der Waals surface area (Å²) in [6, 6.07) is 18.7. The summed E-state index contributed by atoms with van der Waals surface area (Å²) in [4.78, 5) is 23.3. The summed E-state index contributed by atoms with van der Waals surface area (Å²) in [6.45, 7) is 6.84. The summed E-state index contributed by atoms with van der Waals surface area (Å²) in [7, 11) is 0.137. The van der Waals surface area contributed by atoms with Gasteiger partial charge < -0.3 is 5.73 Å². The van der Waals surface area contributed by atoms with Gasteiger partial charge in [-0.15, -0.1) is 0 Å². The molecule has 158 valence electrons. The zero-order valence-corrected chi connectivity index (χ0v) is 19.1. The van der Waals surface area contributed by atoms with Gasteiger partial charge in [-0.1, -0.05) is 67.3 Å². The van der Waals surface area contributed by atoms with Crippen LogP contribution in [-0.4, -0.2) is 36.9 Å². The van der Waals surface area contributed by atoms with E-state index in [4.69, 9.17) is 5.73 Å². The molecule has 7 heteroatoms. The van der Waals surface area contributed by atoms with Crippen LogP contribution in [0.2, 0.25) is 19.6 Å². The lowest BCUT2D eigenvalue weighted by Crippen LogP contribution is -2.42. The Labute approximate surface area is 182 Å². The van der Waals surface area contributed by atoms with Gasteiger partial charge in [0, 0.05) is 18.8 Å². The zero-order chi connectivity index (χ0) is 22.4. The van der Waals surface area contributed by atoms with Crippen molar-refractivity contribution in [1.29, 1.82) is 0 Å². The average molecular weight is 433 g/mol. The summed E-state index contributed by atoms with van der Waals surface area (Å²) in [5.74, 6) is -0.572. The number of rotatable bonds is 4. The summed E-state index contributed by atoms with van der Waals surface area (Å²) < 4.78 is 13.3. The lowest BCUT2D eigenvalue weighted by molar-refractivity contribution is -0.129. The molecule has 1 aliphatic rings. The second-order valence-electron chi connectivity index (χ2n) is 8.82. The fourth-order valence-electron chi connectivity index (χ4n) is 3.87. The molecule has 1 amide bonds. The first-order valence-corrected chi connectivity index (χ1v) is 13.6. The molecule has 2 heterocycles. The minimum Gasteiger partial charge on any atom is -0.369 e. The Morgan fingerprint density at radius 3 is 2.23 bits per heavy atom. The number of aromatic nitrogens is 1. The summed E-state index contributed by atoms with van der Waals surface area (Å²) in [6.07, 6.45) is 1.48. The molecule has 2 aromatic carbocycles. The van der Waals surface area contributed by atoms with Crippen LogP contribution in [0.15, 0.2) is 71.9 Å². The fourth-order valence-corrected chi connectivity index (χ4v) is 5.03. The monoisotopic (exact) mass is 432 g/mol. The zero-order valence-electron chi connectivity index (χ0n) is 18.1. The predicted octanol–water partition coefficient (Wildman–Crippen LogP) is 3.46. The molecule has 3 aromatic rings. The van der Waals surface area contributed by atoms with Crippen LogP contribution in [0.1, 0.15) is 11.1 Å². The van der Waals surface area contributed by atoms with Crippen LogP contribution in [0.25, 0.3) is 11.1 Å². The van der Waals surface area contributed by atoms with E-state index in [9.17, 15) is 9.18 Å². The minimum atomic E-state index is -1.49. The maximum Gasteiger partial charge on any atom is 0.266 e. The number of hydrogen-bond acceptors (Lipinski definition) is 4. The number of carbonyl (C=O) groups is 1. The van der Waals surface area contributed by atoms with Crippen molar-refractivity contribution in [1.82, 2.24) is 9.88 Å². The molecule has 0 fully saturated rings. The Balaban J connectivity index is 1.89. The molecule has 4 rings (SSSR count). The highest BCUT2D eigenvalue weighted by Crippen LogP contribution is 2.40. The van der Waals surface area contributed by atoms with Gasteiger partial charge in [0.25, 0.3) is 5.91 Å². The van der Waals surface area contributed by atoms with Crippen molar-refractivity contribution < 1.29 is 9.18 Å². The lowest BCUT2D eigenvalue weighted by Gasteiger charge is -2.27. The van der Waals surface area contributed by atoms with E-state index in [1.807, 2.05) is 36.4 Å². The van der Waals surface area contributed by atoms with Crippen molar-refractivity contribution >= 4 is 25.1 Å². The first kappa shape index (κ1) is 20.9. The van der Waals surface area contributed by atoms with Gasteiger partial charge in [-0.2, -0.15) is 4.39 Å². The van der Waals surface area contributed by atoms with Crippen molar-refractivity contribution in [2.45, 2.75) is 25.2 Å². The average Bonchev–Trinajstić information content (AvgIpc) is 2.99. The topological polar surface area (TPSA) is 71.6 Å². The first-order chi connectivity index (χ1) is 14.6. The second kappa shape index (κ2) is 7.42. The van der Waals surface area contributed by atoms with Gasteiger partial charge >= 0.3 is 0 Å². The lowest BCUT2D eigenvalue weighted by atomic mass is 9.82. The number of benzene rings is 2. The van der Waals surface area contributed by atoms with Crippen LogP contribution in [0.4, 0.5) is 4.39 Å². The van der Waals surface area contributed by atoms with Crippen molar-refractivity contribution in [2.24, 2.45) is 10.7 Å². The molecule has 0 spiro atoms. The van der Waals surface area contributed by atoms with Crippen LogP contribution in [0, 0.1) is 5.95 Å². The number of pyridine rings is 1. The number of halogens is 1. The molecular formula is C24H25FN4OSi. The molecule has 0 aliphatic carbocycles. The normalized spacial score (nSPS) is 18.9. The van der Waals surface area contributed by atoms with Crippen LogP contribution in [0.5, 0.6) is 0 Å². The van der Waals surface area contributed by atoms with E-state index in [0.717, 1.165) is 16.7 Å². The second-order valence-corrected chi connectivity index (χ2v) is 13.9. The van der Waals surface area contributed by atoms with Crippen molar-refractivity contribution in [3.05, 3.63) is 83.9 Å².